The molecule has 0 radical (unpaired) electrons. The largest absolute Gasteiger partial charge is 0.481 e. The summed E-state index contributed by atoms with van der Waals surface area (Å²) in [7, 11) is 0. The van der Waals surface area contributed by atoms with E-state index in [4.69, 9.17) is 9.84 Å². The first kappa shape index (κ1) is 17.4. The Morgan fingerprint density at radius 2 is 2.13 bits per heavy atom. The fourth-order valence-corrected chi connectivity index (χ4v) is 3.03. The molecule has 1 unspecified atom stereocenters. The minimum atomic E-state index is -0.485. The molecule has 2 N–H and O–H groups in total. The van der Waals surface area contributed by atoms with Crippen molar-refractivity contribution in [3.63, 3.8) is 0 Å². The zero-order valence-electron chi connectivity index (χ0n) is 12.7. The van der Waals surface area contributed by atoms with Gasteiger partial charge in [0.05, 0.1) is 0 Å². The van der Waals surface area contributed by atoms with Crippen molar-refractivity contribution in [2.45, 2.75) is 18.8 Å². The van der Waals surface area contributed by atoms with Crippen LogP contribution in [0.25, 0.3) is 0 Å². The lowest BCUT2D eigenvalue weighted by Gasteiger charge is -2.15. The van der Waals surface area contributed by atoms with Crippen LogP contribution in [0.3, 0.4) is 0 Å². The second kappa shape index (κ2) is 9.27. The van der Waals surface area contributed by atoms with Crippen LogP contribution in [0.15, 0.2) is 41.1 Å². The molecule has 0 saturated carbocycles. The summed E-state index contributed by atoms with van der Waals surface area (Å²) in [6.07, 6.45) is 1.40. The molecule has 4 nitrogen and oxygen atoms in total. The zero-order valence-corrected chi connectivity index (χ0v) is 13.5. The molecule has 124 valence electrons. The van der Waals surface area contributed by atoms with E-state index in [1.165, 1.54) is 17.7 Å². The summed E-state index contributed by atoms with van der Waals surface area (Å²) >= 11 is 1.62. The summed E-state index contributed by atoms with van der Waals surface area (Å²) in [5.74, 6) is -0.486. The SMILES string of the molecule is O=C(COc1ccccc1F)NCCC(CCO)c1ccsc1. The van der Waals surface area contributed by atoms with Crippen LogP contribution in [-0.2, 0) is 4.79 Å². The Balaban J connectivity index is 1.72. The average molecular weight is 337 g/mol. The lowest BCUT2D eigenvalue weighted by atomic mass is 9.95. The van der Waals surface area contributed by atoms with E-state index in [1.807, 2.05) is 11.4 Å². The van der Waals surface area contributed by atoms with Crippen LogP contribution in [0, 0.1) is 5.82 Å². The second-order valence-corrected chi connectivity index (χ2v) is 5.90. The van der Waals surface area contributed by atoms with E-state index >= 15 is 0 Å². The summed E-state index contributed by atoms with van der Waals surface area (Å²) in [5.41, 5.74) is 1.18. The van der Waals surface area contributed by atoms with Gasteiger partial charge in [-0.15, -0.1) is 0 Å². The third-order valence-corrected chi connectivity index (χ3v) is 4.20. The standard InChI is InChI=1S/C17H20FNO3S/c18-15-3-1-2-4-16(15)22-11-17(21)19-8-5-13(6-9-20)14-7-10-23-12-14/h1-4,7,10,12-13,20H,5-6,8-9,11H2,(H,19,21). The average Bonchev–Trinajstić information content (AvgIpc) is 3.07. The van der Waals surface area contributed by atoms with E-state index in [0.717, 1.165) is 6.42 Å². The lowest BCUT2D eigenvalue weighted by Crippen LogP contribution is -2.30. The Bertz CT molecular complexity index is 604. The molecule has 1 aromatic heterocycles. The molecule has 1 heterocycles. The number of nitrogens with one attached hydrogen (secondary N) is 1. The van der Waals surface area contributed by atoms with Crippen LogP contribution in [0.4, 0.5) is 4.39 Å². The molecule has 2 rings (SSSR count). The normalized spacial score (nSPS) is 11.9. The highest BCUT2D eigenvalue weighted by molar-refractivity contribution is 7.07. The van der Waals surface area contributed by atoms with Crippen molar-refractivity contribution in [3.8, 4) is 5.75 Å². The molecule has 1 amide bonds. The molecule has 0 bridgehead atoms. The van der Waals surface area contributed by atoms with Gasteiger partial charge in [0.25, 0.3) is 5.91 Å². The Kier molecular flexibility index (Phi) is 7.03. The van der Waals surface area contributed by atoms with Gasteiger partial charge in [0.1, 0.15) is 0 Å². The predicted molar refractivity (Wildman–Crippen MR) is 88.3 cm³/mol. The predicted octanol–water partition coefficient (Wildman–Crippen LogP) is 2.94. The van der Waals surface area contributed by atoms with Gasteiger partial charge in [-0.05, 0) is 53.3 Å². The summed E-state index contributed by atoms with van der Waals surface area (Å²) in [6, 6.07) is 8.02. The lowest BCUT2D eigenvalue weighted by molar-refractivity contribution is -0.123. The Labute approximate surface area is 138 Å². The maximum atomic E-state index is 13.4. The topological polar surface area (TPSA) is 58.6 Å². The quantitative estimate of drug-likeness (QED) is 0.740. The molecule has 0 aliphatic carbocycles. The van der Waals surface area contributed by atoms with Crippen LogP contribution in [0.2, 0.25) is 0 Å². The number of carbonyl (C=O) groups excluding carboxylic acids is 1. The number of thiophene rings is 1. The molecule has 0 aliphatic heterocycles. The number of para-hydroxylation sites is 1. The smallest absolute Gasteiger partial charge is 0.257 e. The van der Waals surface area contributed by atoms with Gasteiger partial charge in [-0.25, -0.2) is 4.39 Å². The zero-order chi connectivity index (χ0) is 16.5. The first-order valence-electron chi connectivity index (χ1n) is 7.47. The number of amides is 1. The molecule has 2 aromatic rings. The van der Waals surface area contributed by atoms with Crippen molar-refractivity contribution in [1.82, 2.24) is 5.32 Å². The van der Waals surface area contributed by atoms with Crippen LogP contribution in [-0.4, -0.2) is 30.8 Å². The van der Waals surface area contributed by atoms with Gasteiger partial charge < -0.3 is 15.2 Å². The first-order valence-corrected chi connectivity index (χ1v) is 8.42. The van der Waals surface area contributed by atoms with Crippen molar-refractivity contribution in [2.24, 2.45) is 0 Å². The van der Waals surface area contributed by atoms with E-state index in [1.54, 1.807) is 23.5 Å². The summed E-state index contributed by atoms with van der Waals surface area (Å²) in [5, 5.41) is 16.0. The second-order valence-electron chi connectivity index (χ2n) is 5.12. The highest BCUT2D eigenvalue weighted by Crippen LogP contribution is 2.24. The number of ether oxygens (including phenoxy) is 1. The first-order chi connectivity index (χ1) is 11.2. The van der Waals surface area contributed by atoms with Gasteiger partial charge in [-0.2, -0.15) is 11.3 Å². The minimum absolute atomic E-state index is 0.0686. The van der Waals surface area contributed by atoms with Crippen molar-refractivity contribution in [3.05, 3.63) is 52.5 Å². The van der Waals surface area contributed by atoms with Gasteiger partial charge in [0.2, 0.25) is 0 Å². The van der Waals surface area contributed by atoms with Crippen molar-refractivity contribution in [1.29, 1.82) is 0 Å². The van der Waals surface area contributed by atoms with Crippen LogP contribution < -0.4 is 10.1 Å². The Morgan fingerprint density at radius 1 is 1.30 bits per heavy atom. The number of benzene rings is 1. The van der Waals surface area contributed by atoms with E-state index < -0.39 is 5.82 Å². The highest BCUT2D eigenvalue weighted by atomic mass is 32.1. The molecule has 0 saturated heterocycles. The van der Waals surface area contributed by atoms with E-state index in [0.29, 0.717) is 13.0 Å². The summed E-state index contributed by atoms with van der Waals surface area (Å²) in [6.45, 7) is 0.384. The summed E-state index contributed by atoms with van der Waals surface area (Å²) < 4.78 is 18.5. The number of halogens is 1. The fourth-order valence-electron chi connectivity index (χ4n) is 2.28. The van der Waals surface area contributed by atoms with Crippen molar-refractivity contribution < 1.29 is 19.0 Å². The molecular weight excluding hydrogens is 317 g/mol. The van der Waals surface area contributed by atoms with Crippen LogP contribution >= 0.6 is 11.3 Å². The molecular formula is C17H20FNO3S. The maximum absolute atomic E-state index is 13.4. The number of aliphatic hydroxyl groups is 1. The van der Waals surface area contributed by atoms with Gasteiger partial charge in [0, 0.05) is 13.2 Å². The van der Waals surface area contributed by atoms with Gasteiger partial charge in [-0.3, -0.25) is 4.79 Å². The number of hydrogen-bond acceptors (Lipinski definition) is 4. The van der Waals surface area contributed by atoms with E-state index in [2.05, 4.69) is 10.7 Å². The molecule has 0 aliphatic rings. The number of carbonyl (C=O) groups is 1. The third-order valence-electron chi connectivity index (χ3n) is 3.50. The minimum Gasteiger partial charge on any atom is -0.481 e. The van der Waals surface area contributed by atoms with Gasteiger partial charge in [0.15, 0.2) is 18.2 Å². The highest BCUT2D eigenvalue weighted by Gasteiger charge is 2.12. The van der Waals surface area contributed by atoms with E-state index in [-0.39, 0.29) is 30.8 Å². The van der Waals surface area contributed by atoms with Crippen molar-refractivity contribution >= 4 is 17.2 Å². The third kappa shape index (κ3) is 5.65. The number of hydrogen-bond donors (Lipinski definition) is 2. The molecule has 6 heteroatoms. The fraction of sp³-hybridized carbons (Fsp3) is 0.353. The number of aliphatic hydroxyl groups excluding tert-OH is 1. The van der Waals surface area contributed by atoms with Crippen molar-refractivity contribution in [2.75, 3.05) is 19.8 Å². The molecule has 1 atom stereocenters. The van der Waals surface area contributed by atoms with Gasteiger partial charge >= 0.3 is 0 Å². The molecule has 0 fully saturated rings. The Hall–Kier alpha value is -1.92. The Morgan fingerprint density at radius 3 is 2.83 bits per heavy atom. The van der Waals surface area contributed by atoms with E-state index in [9.17, 15) is 9.18 Å². The molecule has 1 aromatic carbocycles. The molecule has 23 heavy (non-hydrogen) atoms. The monoisotopic (exact) mass is 337 g/mol. The molecule has 0 spiro atoms. The van der Waals surface area contributed by atoms with Crippen LogP contribution in [0.5, 0.6) is 5.75 Å². The maximum Gasteiger partial charge on any atom is 0.257 e. The number of rotatable bonds is 9. The summed E-state index contributed by atoms with van der Waals surface area (Å²) in [4.78, 5) is 11.7. The van der Waals surface area contributed by atoms with Gasteiger partial charge in [-0.1, -0.05) is 12.1 Å². The van der Waals surface area contributed by atoms with Crippen LogP contribution in [0.1, 0.15) is 24.3 Å².